The van der Waals surface area contributed by atoms with Gasteiger partial charge in [-0.1, -0.05) is 6.07 Å². The Hall–Kier alpha value is -1.22. The number of aliphatic hydroxyl groups is 1. The zero-order valence-corrected chi connectivity index (χ0v) is 9.82. The van der Waals surface area contributed by atoms with Crippen molar-refractivity contribution >= 4 is 5.69 Å². The minimum Gasteiger partial charge on any atom is -0.495 e. The van der Waals surface area contributed by atoms with Gasteiger partial charge in [0.1, 0.15) is 5.75 Å². The van der Waals surface area contributed by atoms with E-state index in [4.69, 9.17) is 4.74 Å². The first kappa shape index (κ1) is 11.9. The lowest BCUT2D eigenvalue weighted by molar-refractivity contribution is 0.201. The molecule has 0 aromatic heterocycles. The normalized spacial score (nSPS) is 12.3. The second-order valence-electron chi connectivity index (χ2n) is 3.90. The highest BCUT2D eigenvalue weighted by Gasteiger charge is 2.09. The maximum atomic E-state index is 9.33. The molecule has 1 aromatic rings. The highest BCUT2D eigenvalue weighted by molar-refractivity contribution is 5.59. The molecule has 3 heteroatoms. The largest absolute Gasteiger partial charge is 0.495 e. The Morgan fingerprint density at radius 1 is 1.47 bits per heavy atom. The van der Waals surface area contributed by atoms with Gasteiger partial charge in [-0.3, -0.25) is 0 Å². The van der Waals surface area contributed by atoms with Gasteiger partial charge >= 0.3 is 0 Å². The van der Waals surface area contributed by atoms with Crippen molar-refractivity contribution in [3.05, 3.63) is 23.8 Å². The van der Waals surface area contributed by atoms with Crippen molar-refractivity contribution in [3.8, 4) is 5.75 Å². The van der Waals surface area contributed by atoms with Crippen molar-refractivity contribution in [3.63, 3.8) is 0 Å². The van der Waals surface area contributed by atoms with Crippen LogP contribution >= 0.6 is 0 Å². The lowest BCUT2D eigenvalue weighted by Crippen LogP contribution is -2.27. The fraction of sp³-hybridized carbons (Fsp3) is 0.500. The molecule has 1 unspecified atom stereocenters. The van der Waals surface area contributed by atoms with Gasteiger partial charge in [0.2, 0.25) is 0 Å². The number of likely N-dealkylation sites (N-methyl/N-ethyl adjacent to an activating group) is 1. The van der Waals surface area contributed by atoms with Crippen LogP contribution in [0.25, 0.3) is 0 Å². The Morgan fingerprint density at radius 2 is 2.13 bits per heavy atom. The van der Waals surface area contributed by atoms with Crippen molar-refractivity contribution in [2.45, 2.75) is 20.0 Å². The van der Waals surface area contributed by atoms with E-state index in [0.717, 1.165) is 11.4 Å². The van der Waals surface area contributed by atoms with Gasteiger partial charge in [-0.05, 0) is 31.5 Å². The summed E-state index contributed by atoms with van der Waals surface area (Å²) in [5.74, 6) is 0.837. The van der Waals surface area contributed by atoms with Gasteiger partial charge in [-0.2, -0.15) is 0 Å². The van der Waals surface area contributed by atoms with E-state index in [1.807, 2.05) is 31.0 Å². The van der Waals surface area contributed by atoms with E-state index >= 15 is 0 Å². The minimum atomic E-state index is -0.347. The Kier molecular flexibility index (Phi) is 3.97. The smallest absolute Gasteiger partial charge is 0.142 e. The van der Waals surface area contributed by atoms with Crippen molar-refractivity contribution in [2.24, 2.45) is 0 Å². The lowest BCUT2D eigenvalue weighted by atomic mass is 10.2. The number of hydrogen-bond donors (Lipinski definition) is 1. The number of aryl methyl sites for hydroxylation is 1. The first-order valence-corrected chi connectivity index (χ1v) is 5.08. The second kappa shape index (κ2) is 5.03. The summed E-state index contributed by atoms with van der Waals surface area (Å²) in [4.78, 5) is 2.00. The molecule has 15 heavy (non-hydrogen) atoms. The fourth-order valence-electron chi connectivity index (χ4n) is 1.59. The van der Waals surface area contributed by atoms with Gasteiger partial charge in [0, 0.05) is 13.6 Å². The van der Waals surface area contributed by atoms with E-state index in [1.54, 1.807) is 14.0 Å². The van der Waals surface area contributed by atoms with Gasteiger partial charge in [0.05, 0.1) is 18.9 Å². The molecular weight excluding hydrogens is 190 g/mol. The molecule has 0 fully saturated rings. The minimum absolute atomic E-state index is 0.347. The molecule has 0 aliphatic heterocycles. The number of aliphatic hydroxyl groups excluding tert-OH is 1. The number of hydrogen-bond acceptors (Lipinski definition) is 3. The van der Waals surface area contributed by atoms with Crippen LogP contribution in [0, 0.1) is 6.92 Å². The summed E-state index contributed by atoms with van der Waals surface area (Å²) in [6.07, 6.45) is -0.347. The fourth-order valence-corrected chi connectivity index (χ4v) is 1.59. The van der Waals surface area contributed by atoms with Crippen molar-refractivity contribution in [2.75, 3.05) is 25.6 Å². The van der Waals surface area contributed by atoms with E-state index in [2.05, 4.69) is 6.07 Å². The average molecular weight is 209 g/mol. The highest BCUT2D eigenvalue weighted by Crippen LogP contribution is 2.28. The molecule has 84 valence electrons. The van der Waals surface area contributed by atoms with Crippen LogP contribution in [0.5, 0.6) is 5.75 Å². The zero-order valence-electron chi connectivity index (χ0n) is 9.82. The van der Waals surface area contributed by atoms with Crippen LogP contribution in [0.4, 0.5) is 5.69 Å². The first-order chi connectivity index (χ1) is 7.04. The van der Waals surface area contributed by atoms with E-state index in [9.17, 15) is 5.11 Å². The summed E-state index contributed by atoms with van der Waals surface area (Å²) >= 11 is 0. The number of anilines is 1. The summed E-state index contributed by atoms with van der Waals surface area (Å²) in [5.41, 5.74) is 2.20. The standard InChI is InChI=1S/C12H19NO2/c1-9-5-6-12(15-4)11(7-9)13(3)8-10(2)14/h5-7,10,14H,8H2,1-4H3. The molecule has 0 saturated carbocycles. The molecule has 0 aliphatic rings. The number of nitrogens with zero attached hydrogens (tertiary/aromatic N) is 1. The molecule has 1 N–H and O–H groups in total. The topological polar surface area (TPSA) is 32.7 Å². The van der Waals surface area contributed by atoms with Crippen LogP contribution in [-0.4, -0.2) is 31.9 Å². The number of benzene rings is 1. The molecule has 1 aromatic carbocycles. The molecule has 0 spiro atoms. The number of ether oxygens (including phenoxy) is 1. The van der Waals surface area contributed by atoms with Crippen molar-refractivity contribution in [1.29, 1.82) is 0 Å². The Bertz CT molecular complexity index is 323. The van der Waals surface area contributed by atoms with Crippen LogP contribution < -0.4 is 9.64 Å². The Balaban J connectivity index is 2.94. The maximum Gasteiger partial charge on any atom is 0.142 e. The van der Waals surface area contributed by atoms with Crippen LogP contribution in [0.1, 0.15) is 12.5 Å². The molecular formula is C12H19NO2. The summed E-state index contributed by atoms with van der Waals surface area (Å²) in [6.45, 7) is 4.41. The molecule has 1 rings (SSSR count). The first-order valence-electron chi connectivity index (χ1n) is 5.08. The monoisotopic (exact) mass is 209 g/mol. The predicted octanol–water partition coefficient (Wildman–Crippen LogP) is 1.82. The SMILES string of the molecule is COc1ccc(C)cc1N(C)CC(C)O. The number of rotatable bonds is 4. The highest BCUT2D eigenvalue weighted by atomic mass is 16.5. The quantitative estimate of drug-likeness (QED) is 0.821. The predicted molar refractivity (Wildman–Crippen MR) is 62.7 cm³/mol. The zero-order chi connectivity index (χ0) is 11.4. The van der Waals surface area contributed by atoms with Gasteiger partial charge in [0.15, 0.2) is 0 Å². The molecule has 0 bridgehead atoms. The Morgan fingerprint density at radius 3 is 2.67 bits per heavy atom. The van der Waals surface area contributed by atoms with E-state index in [-0.39, 0.29) is 6.10 Å². The number of methoxy groups -OCH3 is 1. The Labute approximate surface area is 91.3 Å². The third kappa shape index (κ3) is 3.13. The van der Waals surface area contributed by atoms with E-state index in [0.29, 0.717) is 6.54 Å². The van der Waals surface area contributed by atoms with Gasteiger partial charge < -0.3 is 14.7 Å². The molecule has 3 nitrogen and oxygen atoms in total. The third-order valence-electron chi connectivity index (χ3n) is 2.28. The van der Waals surface area contributed by atoms with Crippen LogP contribution in [0.2, 0.25) is 0 Å². The van der Waals surface area contributed by atoms with E-state index in [1.165, 1.54) is 5.56 Å². The molecule has 1 atom stereocenters. The van der Waals surface area contributed by atoms with E-state index < -0.39 is 0 Å². The molecule has 0 heterocycles. The van der Waals surface area contributed by atoms with Gasteiger partial charge in [-0.25, -0.2) is 0 Å². The third-order valence-corrected chi connectivity index (χ3v) is 2.28. The van der Waals surface area contributed by atoms with Crippen LogP contribution in [0.15, 0.2) is 18.2 Å². The summed E-state index contributed by atoms with van der Waals surface area (Å²) in [6, 6.07) is 6.02. The molecule has 0 aliphatic carbocycles. The lowest BCUT2D eigenvalue weighted by Gasteiger charge is -2.23. The second-order valence-corrected chi connectivity index (χ2v) is 3.90. The van der Waals surface area contributed by atoms with Crippen molar-refractivity contribution < 1.29 is 9.84 Å². The molecule has 0 amide bonds. The average Bonchev–Trinajstić information content (AvgIpc) is 2.16. The summed E-state index contributed by atoms with van der Waals surface area (Å²) in [7, 11) is 3.61. The summed E-state index contributed by atoms with van der Waals surface area (Å²) < 4.78 is 5.28. The molecule has 0 saturated heterocycles. The van der Waals surface area contributed by atoms with Gasteiger partial charge in [-0.15, -0.1) is 0 Å². The maximum absolute atomic E-state index is 9.33. The molecule has 0 radical (unpaired) electrons. The van der Waals surface area contributed by atoms with Crippen LogP contribution in [-0.2, 0) is 0 Å². The van der Waals surface area contributed by atoms with Crippen LogP contribution in [0.3, 0.4) is 0 Å². The summed E-state index contributed by atoms with van der Waals surface area (Å²) in [5, 5.41) is 9.33. The van der Waals surface area contributed by atoms with Gasteiger partial charge in [0.25, 0.3) is 0 Å². The van der Waals surface area contributed by atoms with Crippen molar-refractivity contribution in [1.82, 2.24) is 0 Å².